The van der Waals surface area contributed by atoms with E-state index in [1.807, 2.05) is 6.07 Å². The number of benzene rings is 1. The fourth-order valence-corrected chi connectivity index (χ4v) is 3.60. The average Bonchev–Trinajstić information content (AvgIpc) is 2.39. The summed E-state index contributed by atoms with van der Waals surface area (Å²) >= 11 is 5.62. The molecule has 0 saturated heterocycles. The summed E-state index contributed by atoms with van der Waals surface area (Å²) in [4.78, 5) is -0.575. The Bertz CT molecular complexity index is 643. The Kier molecular flexibility index (Phi) is 5.34. The van der Waals surface area contributed by atoms with Gasteiger partial charge < -0.3 is 5.73 Å². The van der Waals surface area contributed by atoms with Crippen molar-refractivity contribution in [1.82, 2.24) is 4.31 Å². The van der Waals surface area contributed by atoms with Crippen LogP contribution in [0.15, 0.2) is 17.0 Å². The summed E-state index contributed by atoms with van der Waals surface area (Å²) in [5.41, 5.74) is 5.56. The van der Waals surface area contributed by atoms with Gasteiger partial charge >= 0.3 is 0 Å². The molecule has 0 spiro atoms. The number of nitrogens with zero attached hydrogens (tertiary/aromatic N) is 2. The van der Waals surface area contributed by atoms with E-state index in [0.29, 0.717) is 0 Å². The van der Waals surface area contributed by atoms with Crippen LogP contribution in [0.4, 0.5) is 10.1 Å². The van der Waals surface area contributed by atoms with Crippen molar-refractivity contribution in [3.8, 4) is 6.07 Å². The molecule has 0 radical (unpaired) electrons. The zero-order chi connectivity index (χ0) is 15.5. The van der Waals surface area contributed by atoms with Gasteiger partial charge in [-0.15, -0.1) is 0 Å². The van der Waals surface area contributed by atoms with Gasteiger partial charge in [0.25, 0.3) is 0 Å². The third kappa shape index (κ3) is 3.39. The first-order valence-electron chi connectivity index (χ1n) is 5.88. The lowest BCUT2D eigenvalue weighted by molar-refractivity contribution is 0.397. The van der Waals surface area contributed by atoms with Crippen LogP contribution in [0.5, 0.6) is 0 Å². The van der Waals surface area contributed by atoms with E-state index in [1.54, 1.807) is 13.8 Å². The van der Waals surface area contributed by atoms with Crippen molar-refractivity contribution >= 4 is 27.3 Å². The molecule has 0 saturated carbocycles. The van der Waals surface area contributed by atoms with Gasteiger partial charge in [0.05, 0.1) is 17.0 Å². The number of nitrogens with two attached hydrogens (primary N) is 1. The third-order valence-corrected chi connectivity index (χ3v) is 4.90. The molecule has 0 aliphatic carbocycles. The van der Waals surface area contributed by atoms with Crippen molar-refractivity contribution in [1.29, 1.82) is 5.26 Å². The van der Waals surface area contributed by atoms with Crippen LogP contribution in [-0.4, -0.2) is 25.8 Å². The maximum absolute atomic E-state index is 13.9. The Labute approximate surface area is 122 Å². The van der Waals surface area contributed by atoms with Gasteiger partial charge in [0.15, 0.2) is 5.82 Å². The van der Waals surface area contributed by atoms with Gasteiger partial charge in [-0.2, -0.15) is 9.57 Å². The fourth-order valence-electron chi connectivity index (χ4n) is 1.65. The van der Waals surface area contributed by atoms with Crippen LogP contribution in [0.25, 0.3) is 0 Å². The van der Waals surface area contributed by atoms with Gasteiger partial charge in [-0.3, -0.25) is 0 Å². The summed E-state index contributed by atoms with van der Waals surface area (Å²) in [6.45, 7) is 3.27. The fraction of sp³-hybridized carbons (Fsp3) is 0.417. The van der Waals surface area contributed by atoms with Crippen LogP contribution in [0, 0.1) is 23.1 Å². The molecule has 1 unspecified atom stereocenters. The summed E-state index contributed by atoms with van der Waals surface area (Å²) < 4.78 is 39.8. The molecule has 0 aromatic heterocycles. The molecule has 1 aromatic rings. The van der Waals surface area contributed by atoms with Gasteiger partial charge in [0.2, 0.25) is 10.0 Å². The van der Waals surface area contributed by atoms with E-state index in [-0.39, 0.29) is 23.8 Å². The topological polar surface area (TPSA) is 87.2 Å². The van der Waals surface area contributed by atoms with Crippen molar-refractivity contribution in [2.24, 2.45) is 5.92 Å². The Balaban J connectivity index is 3.32. The highest BCUT2D eigenvalue weighted by atomic mass is 35.5. The van der Waals surface area contributed by atoms with E-state index >= 15 is 0 Å². The lowest BCUT2D eigenvalue weighted by Crippen LogP contribution is -2.35. The second-order valence-electron chi connectivity index (χ2n) is 4.30. The summed E-state index contributed by atoms with van der Waals surface area (Å²) in [6, 6.07) is 4.11. The number of halogens is 2. The summed E-state index contributed by atoms with van der Waals surface area (Å²) in [5.74, 6) is -1.55. The second-order valence-corrected chi connectivity index (χ2v) is 6.61. The standard InChI is InChI=1S/C12H15ClFN3O2S/c1-3-17(7-8(2)6-15)20(18,19)11-5-9(16)4-10(13)12(11)14/h4-5,8H,3,7,16H2,1-2H3. The molecule has 1 aromatic carbocycles. The molecule has 0 amide bonds. The molecule has 20 heavy (non-hydrogen) atoms. The second kappa shape index (κ2) is 6.39. The van der Waals surface area contributed by atoms with Gasteiger partial charge in [-0.1, -0.05) is 18.5 Å². The smallest absolute Gasteiger partial charge is 0.246 e. The number of sulfonamides is 1. The van der Waals surface area contributed by atoms with E-state index in [0.717, 1.165) is 16.4 Å². The van der Waals surface area contributed by atoms with E-state index in [2.05, 4.69) is 0 Å². The number of nitriles is 1. The molecule has 8 heteroatoms. The Morgan fingerprint density at radius 2 is 2.15 bits per heavy atom. The molecule has 0 bridgehead atoms. The van der Waals surface area contributed by atoms with Crippen LogP contribution < -0.4 is 5.73 Å². The van der Waals surface area contributed by atoms with E-state index < -0.39 is 26.7 Å². The average molecular weight is 320 g/mol. The molecule has 1 rings (SSSR count). The van der Waals surface area contributed by atoms with Gasteiger partial charge in [0.1, 0.15) is 4.90 Å². The van der Waals surface area contributed by atoms with Crippen molar-refractivity contribution in [3.63, 3.8) is 0 Å². The van der Waals surface area contributed by atoms with Crippen LogP contribution in [-0.2, 0) is 10.0 Å². The predicted octanol–water partition coefficient (Wildman–Crippen LogP) is 2.23. The van der Waals surface area contributed by atoms with E-state index in [1.165, 1.54) is 0 Å². The Hall–Kier alpha value is -1.36. The molecule has 1 atom stereocenters. The van der Waals surface area contributed by atoms with Crippen LogP contribution in [0.1, 0.15) is 13.8 Å². The SMILES string of the molecule is CCN(CC(C)C#N)S(=O)(=O)c1cc(N)cc(Cl)c1F. The van der Waals surface area contributed by atoms with Crippen molar-refractivity contribution < 1.29 is 12.8 Å². The van der Waals surface area contributed by atoms with Crippen LogP contribution in [0.3, 0.4) is 0 Å². The van der Waals surface area contributed by atoms with Crippen LogP contribution >= 0.6 is 11.6 Å². The van der Waals surface area contributed by atoms with Gasteiger partial charge in [0, 0.05) is 18.8 Å². The van der Waals surface area contributed by atoms with Gasteiger partial charge in [-0.05, 0) is 19.1 Å². The summed E-state index contributed by atoms with van der Waals surface area (Å²) in [6.07, 6.45) is 0. The molecule has 110 valence electrons. The van der Waals surface area contributed by atoms with Crippen molar-refractivity contribution in [3.05, 3.63) is 23.0 Å². The number of nitrogen functional groups attached to an aromatic ring is 1. The summed E-state index contributed by atoms with van der Waals surface area (Å²) in [5, 5.41) is 8.42. The molecule has 5 nitrogen and oxygen atoms in total. The zero-order valence-corrected chi connectivity index (χ0v) is 12.7. The molecule has 0 fully saturated rings. The van der Waals surface area contributed by atoms with E-state index in [9.17, 15) is 12.8 Å². The normalized spacial score (nSPS) is 13.2. The molecule has 0 heterocycles. The minimum atomic E-state index is -4.09. The molecule has 2 N–H and O–H groups in total. The highest BCUT2D eigenvalue weighted by Crippen LogP contribution is 2.28. The molecule has 0 aliphatic rings. The zero-order valence-electron chi connectivity index (χ0n) is 11.1. The molecular formula is C12H15ClFN3O2S. The Morgan fingerprint density at radius 1 is 1.55 bits per heavy atom. The first kappa shape index (κ1) is 16.7. The maximum atomic E-state index is 13.9. The van der Waals surface area contributed by atoms with Crippen LogP contribution in [0.2, 0.25) is 5.02 Å². The number of anilines is 1. The third-order valence-electron chi connectivity index (χ3n) is 2.69. The number of rotatable bonds is 5. The minimum absolute atomic E-state index is 0.0266. The maximum Gasteiger partial charge on any atom is 0.246 e. The first-order chi connectivity index (χ1) is 9.23. The largest absolute Gasteiger partial charge is 0.399 e. The lowest BCUT2D eigenvalue weighted by Gasteiger charge is -2.22. The van der Waals surface area contributed by atoms with E-state index in [4.69, 9.17) is 22.6 Å². The molecule has 0 aliphatic heterocycles. The number of hydrogen-bond acceptors (Lipinski definition) is 4. The quantitative estimate of drug-likeness (QED) is 0.843. The van der Waals surface area contributed by atoms with Crippen molar-refractivity contribution in [2.45, 2.75) is 18.7 Å². The first-order valence-corrected chi connectivity index (χ1v) is 7.70. The Morgan fingerprint density at radius 3 is 2.65 bits per heavy atom. The van der Waals surface area contributed by atoms with Gasteiger partial charge in [-0.25, -0.2) is 12.8 Å². The number of hydrogen-bond donors (Lipinski definition) is 1. The van der Waals surface area contributed by atoms with Crippen molar-refractivity contribution in [2.75, 3.05) is 18.8 Å². The monoisotopic (exact) mass is 319 g/mol. The highest BCUT2D eigenvalue weighted by Gasteiger charge is 2.29. The molecular weight excluding hydrogens is 305 g/mol. The minimum Gasteiger partial charge on any atom is -0.399 e. The lowest BCUT2D eigenvalue weighted by atomic mass is 10.2. The predicted molar refractivity (Wildman–Crippen MR) is 75.0 cm³/mol. The highest BCUT2D eigenvalue weighted by molar-refractivity contribution is 7.89. The summed E-state index contributed by atoms with van der Waals surface area (Å²) in [7, 11) is -4.09.